The van der Waals surface area contributed by atoms with E-state index in [-0.39, 0.29) is 5.56 Å². The molecule has 1 aromatic heterocycles. The lowest BCUT2D eigenvalue weighted by Crippen LogP contribution is -2.36. The van der Waals surface area contributed by atoms with Gasteiger partial charge in [0.2, 0.25) is 5.56 Å². The summed E-state index contributed by atoms with van der Waals surface area (Å²) in [6.07, 6.45) is 2.46. The van der Waals surface area contributed by atoms with E-state index in [1.165, 1.54) is 12.8 Å². The van der Waals surface area contributed by atoms with Crippen LogP contribution in [0.25, 0.3) is 0 Å². The molecule has 1 saturated heterocycles. The van der Waals surface area contributed by atoms with Gasteiger partial charge in [-0.1, -0.05) is 19.9 Å². The third-order valence-electron chi connectivity index (χ3n) is 3.58. The lowest BCUT2D eigenvalue weighted by Gasteiger charge is -2.34. The van der Waals surface area contributed by atoms with Crippen LogP contribution in [0.5, 0.6) is 0 Å². The van der Waals surface area contributed by atoms with E-state index in [1.54, 1.807) is 6.07 Å². The number of nitrogens with zero attached hydrogens (tertiary/aromatic N) is 1. The second kappa shape index (κ2) is 4.73. The molecule has 0 unspecified atom stereocenters. The van der Waals surface area contributed by atoms with Crippen LogP contribution in [-0.4, -0.2) is 18.1 Å². The maximum Gasteiger partial charge on any atom is 0.249 e. The molecule has 3 nitrogen and oxygen atoms in total. The van der Waals surface area contributed by atoms with Crippen molar-refractivity contribution in [2.75, 3.05) is 18.0 Å². The number of nitrogens with one attached hydrogen (secondary N) is 1. The summed E-state index contributed by atoms with van der Waals surface area (Å²) in [6, 6.07) is 5.37. The number of aromatic amines is 1. The van der Waals surface area contributed by atoms with Crippen LogP contribution in [0.1, 0.15) is 26.7 Å². The highest BCUT2D eigenvalue weighted by Crippen LogP contribution is 2.26. The van der Waals surface area contributed by atoms with Gasteiger partial charge < -0.3 is 9.88 Å². The molecule has 1 N–H and O–H groups in total. The first-order chi connectivity index (χ1) is 7.66. The van der Waals surface area contributed by atoms with Crippen molar-refractivity contribution in [3.63, 3.8) is 0 Å². The van der Waals surface area contributed by atoms with Gasteiger partial charge in [-0.05, 0) is 30.7 Å². The summed E-state index contributed by atoms with van der Waals surface area (Å²) in [4.78, 5) is 16.4. The molecule has 0 spiro atoms. The van der Waals surface area contributed by atoms with Crippen molar-refractivity contribution in [2.45, 2.75) is 26.7 Å². The van der Waals surface area contributed by atoms with E-state index in [0.29, 0.717) is 0 Å². The summed E-state index contributed by atoms with van der Waals surface area (Å²) >= 11 is 0. The smallest absolute Gasteiger partial charge is 0.249 e. The van der Waals surface area contributed by atoms with E-state index in [0.717, 1.165) is 30.7 Å². The lowest BCUT2D eigenvalue weighted by molar-refractivity contribution is 0.310. The Bertz CT molecular complexity index is 389. The topological polar surface area (TPSA) is 36.1 Å². The maximum atomic E-state index is 11.2. The Morgan fingerprint density at radius 2 is 2.00 bits per heavy atom. The number of rotatable bonds is 2. The van der Waals surface area contributed by atoms with Crippen LogP contribution in [0.2, 0.25) is 0 Å². The zero-order valence-corrected chi connectivity index (χ0v) is 10.1. The Morgan fingerprint density at radius 3 is 2.56 bits per heavy atom. The molecule has 0 aromatic carbocycles. The van der Waals surface area contributed by atoms with Crippen LogP contribution < -0.4 is 10.5 Å². The van der Waals surface area contributed by atoms with Crippen molar-refractivity contribution in [1.82, 2.24) is 4.98 Å². The van der Waals surface area contributed by atoms with Crippen molar-refractivity contribution >= 4 is 5.82 Å². The highest BCUT2D eigenvalue weighted by molar-refractivity contribution is 5.37. The lowest BCUT2D eigenvalue weighted by atomic mass is 9.87. The molecular weight excluding hydrogens is 200 g/mol. The van der Waals surface area contributed by atoms with Gasteiger partial charge in [-0.2, -0.15) is 0 Å². The molecule has 3 heteroatoms. The Balaban J connectivity index is 2.02. The Kier molecular flexibility index (Phi) is 3.32. The maximum absolute atomic E-state index is 11.2. The molecular formula is C13H20N2O. The number of hydrogen-bond acceptors (Lipinski definition) is 2. The van der Waals surface area contributed by atoms with Crippen LogP contribution in [-0.2, 0) is 0 Å². The van der Waals surface area contributed by atoms with Gasteiger partial charge in [0.05, 0.1) is 0 Å². The third-order valence-corrected chi connectivity index (χ3v) is 3.58. The van der Waals surface area contributed by atoms with Crippen molar-refractivity contribution in [2.24, 2.45) is 11.8 Å². The highest BCUT2D eigenvalue weighted by atomic mass is 16.1. The normalized spacial score (nSPS) is 18.1. The molecule has 1 fully saturated rings. The van der Waals surface area contributed by atoms with E-state index in [1.807, 2.05) is 12.1 Å². The molecule has 1 aromatic rings. The Morgan fingerprint density at radius 1 is 1.31 bits per heavy atom. The second-order valence-corrected chi connectivity index (χ2v) is 4.97. The first-order valence-electron chi connectivity index (χ1n) is 6.11. The molecule has 0 amide bonds. The van der Waals surface area contributed by atoms with Gasteiger partial charge in [0.15, 0.2) is 0 Å². The van der Waals surface area contributed by atoms with Gasteiger partial charge in [0, 0.05) is 19.2 Å². The fraction of sp³-hybridized carbons (Fsp3) is 0.615. The monoisotopic (exact) mass is 220 g/mol. The summed E-state index contributed by atoms with van der Waals surface area (Å²) in [5, 5.41) is 0. The van der Waals surface area contributed by atoms with Crippen molar-refractivity contribution in [1.29, 1.82) is 0 Å². The molecule has 0 saturated carbocycles. The van der Waals surface area contributed by atoms with Crippen LogP contribution in [0, 0.1) is 11.8 Å². The molecule has 0 atom stereocenters. The van der Waals surface area contributed by atoms with Crippen molar-refractivity contribution < 1.29 is 0 Å². The first-order valence-corrected chi connectivity index (χ1v) is 6.11. The Hall–Kier alpha value is -1.25. The number of anilines is 1. The minimum absolute atomic E-state index is 0.0107. The minimum atomic E-state index is -0.0107. The number of aromatic nitrogens is 1. The molecule has 0 bridgehead atoms. The number of hydrogen-bond donors (Lipinski definition) is 1. The summed E-state index contributed by atoms with van der Waals surface area (Å²) < 4.78 is 0. The quantitative estimate of drug-likeness (QED) is 0.829. The molecule has 0 aliphatic carbocycles. The molecule has 88 valence electrons. The van der Waals surface area contributed by atoms with E-state index < -0.39 is 0 Å². The van der Waals surface area contributed by atoms with Crippen LogP contribution in [0.4, 0.5) is 5.82 Å². The summed E-state index contributed by atoms with van der Waals surface area (Å²) in [7, 11) is 0. The number of piperidine rings is 1. The average Bonchev–Trinajstić information content (AvgIpc) is 2.29. The Labute approximate surface area is 96.5 Å². The molecule has 1 aliphatic heterocycles. The molecule has 1 aliphatic rings. The predicted octanol–water partition coefficient (Wildman–Crippen LogP) is 2.25. The largest absolute Gasteiger partial charge is 0.358 e. The van der Waals surface area contributed by atoms with E-state index >= 15 is 0 Å². The van der Waals surface area contributed by atoms with Gasteiger partial charge in [-0.25, -0.2) is 0 Å². The third kappa shape index (κ3) is 2.46. The predicted molar refractivity (Wildman–Crippen MR) is 66.8 cm³/mol. The SMILES string of the molecule is CC(C)C1CCN(c2cccc(=O)[nH]2)CC1. The standard InChI is InChI=1S/C13H20N2O/c1-10(2)11-6-8-15(9-7-11)12-4-3-5-13(16)14-12/h3-5,10-11H,6-9H2,1-2H3,(H,14,16). The summed E-state index contributed by atoms with van der Waals surface area (Å²) in [5.41, 5.74) is -0.0107. The zero-order chi connectivity index (χ0) is 11.5. The second-order valence-electron chi connectivity index (χ2n) is 4.97. The molecule has 16 heavy (non-hydrogen) atoms. The minimum Gasteiger partial charge on any atom is -0.358 e. The molecule has 2 heterocycles. The summed E-state index contributed by atoms with van der Waals surface area (Å²) in [5.74, 6) is 2.58. The average molecular weight is 220 g/mol. The van der Waals surface area contributed by atoms with Gasteiger partial charge in [0.25, 0.3) is 0 Å². The molecule has 2 rings (SSSR count). The number of H-pyrrole nitrogens is 1. The van der Waals surface area contributed by atoms with Gasteiger partial charge in [-0.3, -0.25) is 4.79 Å². The first kappa shape index (κ1) is 11.2. The van der Waals surface area contributed by atoms with Crippen LogP contribution in [0.3, 0.4) is 0 Å². The van der Waals surface area contributed by atoms with E-state index in [2.05, 4.69) is 23.7 Å². The van der Waals surface area contributed by atoms with E-state index in [9.17, 15) is 4.79 Å². The van der Waals surface area contributed by atoms with Crippen LogP contribution >= 0.6 is 0 Å². The highest BCUT2D eigenvalue weighted by Gasteiger charge is 2.21. The van der Waals surface area contributed by atoms with Crippen molar-refractivity contribution in [3.8, 4) is 0 Å². The van der Waals surface area contributed by atoms with Gasteiger partial charge >= 0.3 is 0 Å². The summed E-state index contributed by atoms with van der Waals surface area (Å²) in [6.45, 7) is 6.71. The zero-order valence-electron chi connectivity index (χ0n) is 10.1. The fourth-order valence-electron chi connectivity index (χ4n) is 2.43. The van der Waals surface area contributed by atoms with Crippen LogP contribution in [0.15, 0.2) is 23.0 Å². The van der Waals surface area contributed by atoms with E-state index in [4.69, 9.17) is 0 Å². The molecule has 0 radical (unpaired) electrons. The van der Waals surface area contributed by atoms with Crippen molar-refractivity contribution in [3.05, 3.63) is 28.6 Å². The van der Waals surface area contributed by atoms with Gasteiger partial charge in [-0.15, -0.1) is 0 Å². The number of pyridine rings is 1. The van der Waals surface area contributed by atoms with Gasteiger partial charge in [0.1, 0.15) is 5.82 Å². The fourth-order valence-corrected chi connectivity index (χ4v) is 2.43.